The lowest BCUT2D eigenvalue weighted by molar-refractivity contribution is 0.220. The van der Waals surface area contributed by atoms with Crippen LogP contribution < -0.4 is 5.32 Å². The summed E-state index contributed by atoms with van der Waals surface area (Å²) >= 11 is 0. The van der Waals surface area contributed by atoms with E-state index in [1.54, 1.807) is 29.9 Å². The Morgan fingerprint density at radius 3 is 2.74 bits per heavy atom. The van der Waals surface area contributed by atoms with Crippen molar-refractivity contribution in [3.63, 3.8) is 0 Å². The number of nitrogens with zero attached hydrogens (tertiary/aromatic N) is 5. The van der Waals surface area contributed by atoms with Crippen LogP contribution in [0.4, 0.5) is 10.6 Å². The Morgan fingerprint density at radius 2 is 2.17 bits per heavy atom. The number of rotatable bonds is 6. The van der Waals surface area contributed by atoms with Gasteiger partial charge in [-0.15, -0.1) is 5.10 Å². The standard InChI is InChI=1S/C16H24N6O/c1-12(2)5-6-13-7-8-15(17-9-13)18-16(23)21(3)10-14-11-22(4)20-19-14/h7-9,11-12H,5-6,10H2,1-4H3,(H,17,18,23). The third-order valence-electron chi connectivity index (χ3n) is 3.47. The Hall–Kier alpha value is -2.44. The highest BCUT2D eigenvalue weighted by atomic mass is 16.2. The van der Waals surface area contributed by atoms with E-state index in [4.69, 9.17) is 0 Å². The van der Waals surface area contributed by atoms with Gasteiger partial charge in [0.05, 0.1) is 6.54 Å². The van der Waals surface area contributed by atoms with Gasteiger partial charge in [-0.1, -0.05) is 25.1 Å². The molecule has 0 spiro atoms. The predicted octanol–water partition coefficient (Wildman–Crippen LogP) is 2.46. The van der Waals surface area contributed by atoms with Gasteiger partial charge in [0.1, 0.15) is 11.5 Å². The number of urea groups is 1. The number of hydrogen-bond acceptors (Lipinski definition) is 4. The van der Waals surface area contributed by atoms with Crippen molar-refractivity contribution >= 4 is 11.8 Å². The molecule has 0 aliphatic carbocycles. The van der Waals surface area contributed by atoms with E-state index < -0.39 is 0 Å². The topological polar surface area (TPSA) is 75.9 Å². The number of pyridine rings is 1. The van der Waals surface area contributed by atoms with Crippen LogP contribution in [0.3, 0.4) is 0 Å². The van der Waals surface area contributed by atoms with Gasteiger partial charge in [-0.2, -0.15) is 0 Å². The number of amides is 2. The second-order valence-corrected chi connectivity index (χ2v) is 6.15. The number of nitrogens with one attached hydrogen (secondary N) is 1. The van der Waals surface area contributed by atoms with Crippen molar-refractivity contribution in [2.45, 2.75) is 33.2 Å². The van der Waals surface area contributed by atoms with Crippen molar-refractivity contribution in [2.24, 2.45) is 13.0 Å². The summed E-state index contributed by atoms with van der Waals surface area (Å²) in [6.07, 6.45) is 5.74. The van der Waals surface area contributed by atoms with Crippen molar-refractivity contribution < 1.29 is 4.79 Å². The van der Waals surface area contributed by atoms with Crippen LogP contribution in [-0.4, -0.2) is 38.0 Å². The van der Waals surface area contributed by atoms with E-state index in [1.165, 1.54) is 5.56 Å². The molecule has 0 radical (unpaired) electrons. The molecule has 1 N–H and O–H groups in total. The van der Waals surface area contributed by atoms with Gasteiger partial charge in [0.2, 0.25) is 0 Å². The van der Waals surface area contributed by atoms with E-state index in [0.29, 0.717) is 18.3 Å². The molecule has 2 aromatic heterocycles. The summed E-state index contributed by atoms with van der Waals surface area (Å²) in [4.78, 5) is 18.0. The first kappa shape index (κ1) is 16.9. The molecule has 7 nitrogen and oxygen atoms in total. The molecular weight excluding hydrogens is 292 g/mol. The van der Waals surface area contributed by atoms with Gasteiger partial charge in [0.25, 0.3) is 0 Å². The Morgan fingerprint density at radius 1 is 1.39 bits per heavy atom. The third-order valence-corrected chi connectivity index (χ3v) is 3.47. The molecule has 0 unspecified atom stereocenters. The molecule has 2 heterocycles. The molecule has 2 rings (SSSR count). The summed E-state index contributed by atoms with van der Waals surface area (Å²) in [6.45, 7) is 4.80. The maximum atomic E-state index is 12.1. The fourth-order valence-corrected chi connectivity index (χ4v) is 2.09. The van der Waals surface area contributed by atoms with Gasteiger partial charge in [-0.05, 0) is 30.4 Å². The Bertz CT molecular complexity index is 634. The monoisotopic (exact) mass is 316 g/mol. The lowest BCUT2D eigenvalue weighted by Gasteiger charge is -2.16. The molecule has 23 heavy (non-hydrogen) atoms. The van der Waals surface area contributed by atoms with Crippen LogP contribution in [0.5, 0.6) is 0 Å². The largest absolute Gasteiger partial charge is 0.323 e. The van der Waals surface area contributed by atoms with Gasteiger partial charge in [0.15, 0.2) is 0 Å². The van der Waals surface area contributed by atoms with Crippen LogP contribution >= 0.6 is 0 Å². The Kier molecular flexibility index (Phi) is 5.67. The van der Waals surface area contributed by atoms with Gasteiger partial charge in [-0.25, -0.2) is 9.78 Å². The highest BCUT2D eigenvalue weighted by Crippen LogP contribution is 2.11. The van der Waals surface area contributed by atoms with E-state index in [2.05, 4.69) is 34.5 Å². The number of aryl methyl sites for hydroxylation is 2. The zero-order valence-electron chi connectivity index (χ0n) is 14.2. The van der Waals surface area contributed by atoms with Gasteiger partial charge in [0, 0.05) is 26.5 Å². The number of carbonyl (C=O) groups is 1. The highest BCUT2D eigenvalue weighted by Gasteiger charge is 2.11. The van der Waals surface area contributed by atoms with Crippen molar-refractivity contribution in [3.8, 4) is 0 Å². The summed E-state index contributed by atoms with van der Waals surface area (Å²) in [6, 6.07) is 3.62. The number of carbonyl (C=O) groups excluding carboxylic acids is 1. The molecule has 0 aliphatic heterocycles. The van der Waals surface area contributed by atoms with Crippen LogP contribution in [0, 0.1) is 5.92 Å². The molecule has 7 heteroatoms. The summed E-state index contributed by atoms with van der Waals surface area (Å²) < 4.78 is 1.61. The Balaban J connectivity index is 1.86. The molecule has 0 bridgehead atoms. The maximum absolute atomic E-state index is 12.1. The molecule has 0 saturated carbocycles. The van der Waals surface area contributed by atoms with Crippen LogP contribution in [-0.2, 0) is 20.0 Å². The summed E-state index contributed by atoms with van der Waals surface area (Å²) in [7, 11) is 3.50. The molecule has 0 fully saturated rings. The zero-order chi connectivity index (χ0) is 16.8. The van der Waals surface area contributed by atoms with E-state index >= 15 is 0 Å². The average Bonchev–Trinajstić information content (AvgIpc) is 2.91. The fraction of sp³-hybridized carbons (Fsp3) is 0.500. The first-order valence-electron chi connectivity index (χ1n) is 7.76. The van der Waals surface area contributed by atoms with Crippen molar-refractivity contribution in [3.05, 3.63) is 35.8 Å². The molecule has 2 aromatic rings. The molecule has 0 aliphatic rings. The Labute approximate surface area is 136 Å². The smallest absolute Gasteiger partial charge is 0.322 e. The maximum Gasteiger partial charge on any atom is 0.323 e. The van der Waals surface area contributed by atoms with Crippen LogP contribution in [0.2, 0.25) is 0 Å². The predicted molar refractivity (Wildman–Crippen MR) is 88.9 cm³/mol. The zero-order valence-corrected chi connectivity index (χ0v) is 14.2. The van der Waals surface area contributed by atoms with Crippen molar-refractivity contribution in [1.29, 1.82) is 0 Å². The molecule has 124 valence electrons. The second-order valence-electron chi connectivity index (χ2n) is 6.15. The lowest BCUT2D eigenvalue weighted by Crippen LogP contribution is -2.31. The fourth-order valence-electron chi connectivity index (χ4n) is 2.09. The van der Waals surface area contributed by atoms with Crippen molar-refractivity contribution in [2.75, 3.05) is 12.4 Å². The summed E-state index contributed by atoms with van der Waals surface area (Å²) in [5.41, 5.74) is 1.92. The summed E-state index contributed by atoms with van der Waals surface area (Å²) in [5.74, 6) is 1.22. The SMILES string of the molecule is CC(C)CCc1ccc(NC(=O)N(C)Cc2cn(C)nn2)nc1. The normalized spacial score (nSPS) is 10.8. The van der Waals surface area contributed by atoms with Crippen LogP contribution in [0.15, 0.2) is 24.5 Å². The number of anilines is 1. The highest BCUT2D eigenvalue weighted by molar-refractivity contribution is 5.87. The molecular formula is C16H24N6O. The minimum atomic E-state index is -0.224. The summed E-state index contributed by atoms with van der Waals surface area (Å²) in [5, 5.41) is 10.6. The average molecular weight is 316 g/mol. The van der Waals surface area contributed by atoms with Crippen molar-refractivity contribution in [1.82, 2.24) is 24.9 Å². The molecule has 0 aromatic carbocycles. The second kappa shape index (κ2) is 7.71. The van der Waals surface area contributed by atoms with Gasteiger partial charge < -0.3 is 4.90 Å². The van der Waals surface area contributed by atoms with Gasteiger partial charge >= 0.3 is 6.03 Å². The quantitative estimate of drug-likeness (QED) is 0.888. The molecule has 2 amide bonds. The third kappa shape index (κ3) is 5.36. The number of aromatic nitrogens is 4. The minimum absolute atomic E-state index is 0.224. The minimum Gasteiger partial charge on any atom is -0.322 e. The molecule has 0 saturated heterocycles. The van der Waals surface area contributed by atoms with E-state index in [-0.39, 0.29) is 6.03 Å². The number of hydrogen-bond donors (Lipinski definition) is 1. The first-order valence-corrected chi connectivity index (χ1v) is 7.76. The van der Waals surface area contributed by atoms with Gasteiger partial charge in [-0.3, -0.25) is 10.00 Å². The first-order chi connectivity index (χ1) is 10.9. The lowest BCUT2D eigenvalue weighted by atomic mass is 10.0. The van der Waals surface area contributed by atoms with E-state index in [1.807, 2.05) is 18.3 Å². The molecule has 0 atom stereocenters. The van der Waals surface area contributed by atoms with Crippen LogP contribution in [0.25, 0.3) is 0 Å². The van der Waals surface area contributed by atoms with E-state index in [0.717, 1.165) is 18.5 Å². The van der Waals surface area contributed by atoms with Crippen LogP contribution in [0.1, 0.15) is 31.5 Å². The van der Waals surface area contributed by atoms with E-state index in [9.17, 15) is 4.79 Å².